The molecular weight excluding hydrogens is 356 g/mol. The number of rotatable bonds is 5. The molecule has 134 valence electrons. The van der Waals surface area contributed by atoms with E-state index in [2.05, 4.69) is 11.8 Å². The van der Waals surface area contributed by atoms with E-state index in [1.54, 1.807) is 12.1 Å². The second kappa shape index (κ2) is 8.98. The third kappa shape index (κ3) is 5.40. The molecule has 3 aromatic rings. The monoisotopic (exact) mass is 374 g/mol. The number of ether oxygens (including phenoxy) is 1. The standard InChI is InChI=1S/C23H18O3S/c1-17-13-21(9-10-23(17)26-12-11-24)27-22-15-19(14-20(25)16-22)8-7-18-5-3-2-4-6-18/h2-6,9-11,13-16,25H,12H2,1H3. The van der Waals surface area contributed by atoms with Crippen LogP contribution in [-0.4, -0.2) is 18.0 Å². The quantitative estimate of drug-likeness (QED) is 0.513. The molecule has 1 N–H and O–H groups in total. The van der Waals surface area contributed by atoms with E-state index >= 15 is 0 Å². The average Bonchev–Trinajstić information content (AvgIpc) is 2.66. The van der Waals surface area contributed by atoms with Crippen LogP contribution in [0.3, 0.4) is 0 Å². The van der Waals surface area contributed by atoms with Gasteiger partial charge in [0.05, 0.1) is 0 Å². The number of hydrogen-bond acceptors (Lipinski definition) is 4. The van der Waals surface area contributed by atoms with Gasteiger partial charge in [-0.25, -0.2) is 0 Å². The molecule has 0 aliphatic carbocycles. The molecule has 0 unspecified atom stereocenters. The van der Waals surface area contributed by atoms with Gasteiger partial charge in [0.25, 0.3) is 0 Å². The summed E-state index contributed by atoms with van der Waals surface area (Å²) in [6, 6.07) is 20.8. The van der Waals surface area contributed by atoms with Gasteiger partial charge < -0.3 is 9.84 Å². The Morgan fingerprint density at radius 3 is 2.48 bits per heavy atom. The maximum Gasteiger partial charge on any atom is 0.157 e. The minimum Gasteiger partial charge on any atom is -0.508 e. The molecule has 3 nitrogen and oxygen atoms in total. The SMILES string of the molecule is Cc1cc(Sc2cc(O)cc(C#Cc3ccccc3)c2)ccc1OCC=O. The van der Waals surface area contributed by atoms with Crippen LogP contribution in [-0.2, 0) is 4.79 Å². The summed E-state index contributed by atoms with van der Waals surface area (Å²) in [6.45, 7) is 1.98. The zero-order chi connectivity index (χ0) is 19.1. The van der Waals surface area contributed by atoms with Crippen molar-refractivity contribution in [2.75, 3.05) is 6.61 Å². The number of aromatic hydroxyl groups is 1. The maximum atomic E-state index is 10.4. The Balaban J connectivity index is 1.80. The highest BCUT2D eigenvalue weighted by atomic mass is 32.2. The number of phenolic OH excluding ortho intramolecular Hbond substituents is 1. The molecule has 0 aliphatic rings. The third-order valence-electron chi connectivity index (χ3n) is 3.71. The molecule has 0 saturated heterocycles. The van der Waals surface area contributed by atoms with Crippen molar-refractivity contribution < 1.29 is 14.6 Å². The van der Waals surface area contributed by atoms with Gasteiger partial charge in [-0.3, -0.25) is 4.79 Å². The first-order valence-corrected chi connectivity index (χ1v) is 9.22. The smallest absolute Gasteiger partial charge is 0.157 e. The highest BCUT2D eigenvalue weighted by Crippen LogP contribution is 2.33. The van der Waals surface area contributed by atoms with Crippen LogP contribution in [0.2, 0.25) is 0 Å². The molecule has 0 spiro atoms. The van der Waals surface area contributed by atoms with Gasteiger partial charge in [0.1, 0.15) is 18.1 Å². The van der Waals surface area contributed by atoms with Crippen molar-refractivity contribution in [2.45, 2.75) is 16.7 Å². The summed E-state index contributed by atoms with van der Waals surface area (Å²) in [6.07, 6.45) is 0.729. The summed E-state index contributed by atoms with van der Waals surface area (Å²) in [4.78, 5) is 12.4. The molecule has 27 heavy (non-hydrogen) atoms. The highest BCUT2D eigenvalue weighted by molar-refractivity contribution is 7.99. The van der Waals surface area contributed by atoms with Gasteiger partial charge in [-0.1, -0.05) is 41.8 Å². The molecule has 3 rings (SSSR count). The summed E-state index contributed by atoms with van der Waals surface area (Å²) in [5.74, 6) is 7.07. The van der Waals surface area contributed by atoms with Crippen molar-refractivity contribution in [2.24, 2.45) is 0 Å². The van der Waals surface area contributed by atoms with Gasteiger partial charge in [0.2, 0.25) is 0 Å². The van der Waals surface area contributed by atoms with Crippen LogP contribution in [0, 0.1) is 18.8 Å². The fraction of sp³-hybridized carbons (Fsp3) is 0.0870. The van der Waals surface area contributed by atoms with Crippen LogP contribution >= 0.6 is 11.8 Å². The first-order valence-electron chi connectivity index (χ1n) is 8.40. The van der Waals surface area contributed by atoms with Crippen molar-refractivity contribution in [3.8, 4) is 23.3 Å². The molecule has 0 atom stereocenters. The summed E-state index contributed by atoms with van der Waals surface area (Å²) < 4.78 is 5.37. The van der Waals surface area contributed by atoms with Crippen molar-refractivity contribution in [1.29, 1.82) is 0 Å². The lowest BCUT2D eigenvalue weighted by Crippen LogP contribution is -1.99. The molecule has 0 aliphatic heterocycles. The van der Waals surface area contributed by atoms with E-state index in [1.807, 2.05) is 61.5 Å². The zero-order valence-electron chi connectivity index (χ0n) is 14.8. The summed E-state index contributed by atoms with van der Waals surface area (Å²) in [7, 11) is 0. The van der Waals surface area contributed by atoms with Crippen LogP contribution in [0.1, 0.15) is 16.7 Å². The summed E-state index contributed by atoms with van der Waals surface area (Å²) in [5, 5.41) is 10.0. The molecule has 0 heterocycles. The number of benzene rings is 3. The van der Waals surface area contributed by atoms with Crippen molar-refractivity contribution in [3.05, 3.63) is 83.4 Å². The lowest BCUT2D eigenvalue weighted by atomic mass is 10.2. The van der Waals surface area contributed by atoms with Gasteiger partial charge in [-0.05, 0) is 61.0 Å². The Morgan fingerprint density at radius 1 is 0.963 bits per heavy atom. The minimum atomic E-state index is 0.0450. The minimum absolute atomic E-state index is 0.0450. The topological polar surface area (TPSA) is 46.5 Å². The molecular formula is C23H18O3S. The Labute approximate surface area is 163 Å². The van der Waals surface area contributed by atoms with E-state index in [1.165, 1.54) is 11.8 Å². The van der Waals surface area contributed by atoms with Crippen LogP contribution in [0.5, 0.6) is 11.5 Å². The van der Waals surface area contributed by atoms with E-state index in [4.69, 9.17) is 4.74 Å². The molecule has 0 saturated carbocycles. The normalized spacial score (nSPS) is 9.96. The van der Waals surface area contributed by atoms with Gasteiger partial charge in [-0.2, -0.15) is 0 Å². The first kappa shape index (κ1) is 18.6. The number of carbonyl (C=O) groups is 1. The fourth-order valence-corrected chi connectivity index (χ4v) is 3.50. The molecule has 0 aromatic heterocycles. The van der Waals surface area contributed by atoms with E-state index in [0.29, 0.717) is 5.75 Å². The predicted octanol–water partition coefficient (Wildman–Crippen LogP) is 4.83. The second-order valence-corrected chi connectivity index (χ2v) is 6.99. The van der Waals surface area contributed by atoms with E-state index in [-0.39, 0.29) is 12.4 Å². The van der Waals surface area contributed by atoms with Gasteiger partial charge in [0, 0.05) is 20.9 Å². The van der Waals surface area contributed by atoms with Gasteiger partial charge in [0.15, 0.2) is 6.29 Å². The van der Waals surface area contributed by atoms with Crippen molar-refractivity contribution in [1.82, 2.24) is 0 Å². The molecule has 0 fully saturated rings. The maximum absolute atomic E-state index is 10.4. The molecule has 0 amide bonds. The molecule has 0 radical (unpaired) electrons. The largest absolute Gasteiger partial charge is 0.508 e. The van der Waals surface area contributed by atoms with Crippen LogP contribution in [0.25, 0.3) is 0 Å². The average molecular weight is 374 g/mol. The zero-order valence-corrected chi connectivity index (χ0v) is 15.6. The van der Waals surface area contributed by atoms with Crippen molar-refractivity contribution >= 4 is 18.0 Å². The fourth-order valence-electron chi connectivity index (χ4n) is 2.49. The Kier molecular flexibility index (Phi) is 6.19. The lowest BCUT2D eigenvalue weighted by molar-refractivity contribution is -0.109. The number of hydrogen-bond donors (Lipinski definition) is 1. The van der Waals surface area contributed by atoms with E-state index in [9.17, 15) is 9.90 Å². The number of aryl methyl sites for hydroxylation is 1. The molecule has 0 bridgehead atoms. The van der Waals surface area contributed by atoms with Crippen LogP contribution in [0.4, 0.5) is 0 Å². The summed E-state index contributed by atoms with van der Waals surface area (Å²) >= 11 is 1.53. The lowest BCUT2D eigenvalue weighted by Gasteiger charge is -2.09. The summed E-state index contributed by atoms with van der Waals surface area (Å²) in [5.41, 5.74) is 2.63. The van der Waals surface area contributed by atoms with Crippen LogP contribution < -0.4 is 4.74 Å². The number of carbonyl (C=O) groups excluding carboxylic acids is 1. The van der Waals surface area contributed by atoms with Gasteiger partial charge in [-0.15, -0.1) is 0 Å². The van der Waals surface area contributed by atoms with Crippen LogP contribution in [0.15, 0.2) is 76.5 Å². The number of phenols is 1. The first-order chi connectivity index (χ1) is 13.1. The second-order valence-electron chi connectivity index (χ2n) is 5.84. The Hall–Kier alpha value is -3.16. The predicted molar refractivity (Wildman–Crippen MR) is 107 cm³/mol. The van der Waals surface area contributed by atoms with E-state index < -0.39 is 0 Å². The Morgan fingerprint density at radius 2 is 1.74 bits per heavy atom. The molecule has 4 heteroatoms. The van der Waals surface area contributed by atoms with Gasteiger partial charge >= 0.3 is 0 Å². The van der Waals surface area contributed by atoms with Crippen molar-refractivity contribution in [3.63, 3.8) is 0 Å². The highest BCUT2D eigenvalue weighted by Gasteiger charge is 2.05. The Bertz CT molecular complexity index is 1000. The third-order valence-corrected chi connectivity index (χ3v) is 4.67. The van der Waals surface area contributed by atoms with E-state index in [0.717, 1.165) is 32.8 Å². The molecule has 3 aromatic carbocycles. The number of aldehydes is 1.